The van der Waals surface area contributed by atoms with Crippen molar-refractivity contribution >= 4 is 15.9 Å². The van der Waals surface area contributed by atoms with Crippen molar-refractivity contribution in [1.82, 2.24) is 9.62 Å². The van der Waals surface area contributed by atoms with Gasteiger partial charge in [-0.1, -0.05) is 42.0 Å². The van der Waals surface area contributed by atoms with Crippen LogP contribution in [0, 0.1) is 13.8 Å². The van der Waals surface area contributed by atoms with E-state index in [-0.39, 0.29) is 16.8 Å². The van der Waals surface area contributed by atoms with Crippen molar-refractivity contribution in [3.8, 4) is 0 Å². The van der Waals surface area contributed by atoms with Gasteiger partial charge in [0.05, 0.1) is 11.3 Å². The number of nitrogens with one attached hydrogen (secondary N) is 1. The van der Waals surface area contributed by atoms with Gasteiger partial charge in [0, 0.05) is 19.1 Å². The summed E-state index contributed by atoms with van der Waals surface area (Å²) in [6.07, 6.45) is 1.65. The summed E-state index contributed by atoms with van der Waals surface area (Å²) >= 11 is 0. The van der Waals surface area contributed by atoms with E-state index in [9.17, 15) is 13.2 Å². The smallest absolute Gasteiger partial charge is 0.240 e. The molecule has 6 heteroatoms. The summed E-state index contributed by atoms with van der Waals surface area (Å²) in [5.74, 6) is 0.101. The molecule has 3 rings (SSSR count). The second-order valence-corrected chi connectivity index (χ2v) is 8.91. The number of hydrogen-bond acceptors (Lipinski definition) is 3. The molecule has 0 unspecified atom stereocenters. The van der Waals surface area contributed by atoms with E-state index >= 15 is 0 Å². The van der Waals surface area contributed by atoms with E-state index in [2.05, 4.69) is 4.72 Å². The predicted octanol–water partition coefficient (Wildman–Crippen LogP) is 2.82. The van der Waals surface area contributed by atoms with Gasteiger partial charge in [-0.2, -0.15) is 0 Å². The molecule has 0 aromatic heterocycles. The van der Waals surface area contributed by atoms with Gasteiger partial charge in [-0.3, -0.25) is 4.79 Å². The summed E-state index contributed by atoms with van der Waals surface area (Å²) in [6.45, 7) is 5.08. The molecule has 1 heterocycles. The van der Waals surface area contributed by atoms with E-state index in [1.807, 2.05) is 43.0 Å². The molecule has 1 aliphatic rings. The molecule has 1 saturated heterocycles. The second-order valence-electron chi connectivity index (χ2n) is 7.19. The Morgan fingerprint density at radius 3 is 2.30 bits per heavy atom. The minimum Gasteiger partial charge on any atom is -0.342 e. The summed E-state index contributed by atoms with van der Waals surface area (Å²) in [5, 5.41) is 0. The fourth-order valence-electron chi connectivity index (χ4n) is 3.33. The molecule has 0 bridgehead atoms. The van der Waals surface area contributed by atoms with E-state index in [1.165, 1.54) is 0 Å². The predicted molar refractivity (Wildman–Crippen MR) is 106 cm³/mol. The molecule has 0 aliphatic carbocycles. The van der Waals surface area contributed by atoms with E-state index in [0.717, 1.165) is 16.7 Å². The zero-order chi connectivity index (χ0) is 19.4. The van der Waals surface area contributed by atoms with Gasteiger partial charge < -0.3 is 4.90 Å². The van der Waals surface area contributed by atoms with Crippen molar-refractivity contribution in [2.24, 2.45) is 0 Å². The lowest BCUT2D eigenvalue weighted by atomic mass is 10.0. The van der Waals surface area contributed by atoms with Crippen LogP contribution in [0.5, 0.6) is 0 Å². The van der Waals surface area contributed by atoms with Crippen molar-refractivity contribution in [1.29, 1.82) is 0 Å². The summed E-state index contributed by atoms with van der Waals surface area (Å²) < 4.78 is 27.8. The number of rotatable bonds is 5. The summed E-state index contributed by atoms with van der Waals surface area (Å²) in [5.41, 5.74) is 3.19. The maximum atomic E-state index is 12.6. The van der Waals surface area contributed by atoms with E-state index < -0.39 is 10.0 Å². The number of carbonyl (C=O) groups is 1. The lowest BCUT2D eigenvalue weighted by molar-refractivity contribution is -0.131. The van der Waals surface area contributed by atoms with Crippen LogP contribution in [0.3, 0.4) is 0 Å². The fraction of sp³-hybridized carbons (Fsp3) is 0.381. The Bertz CT molecular complexity index is 899. The molecule has 0 spiro atoms. The van der Waals surface area contributed by atoms with Gasteiger partial charge in [-0.05, 0) is 49.9 Å². The van der Waals surface area contributed by atoms with Gasteiger partial charge in [-0.15, -0.1) is 0 Å². The maximum absolute atomic E-state index is 12.6. The quantitative estimate of drug-likeness (QED) is 0.859. The number of benzene rings is 2. The minimum absolute atomic E-state index is 0.101. The number of hydrogen-bond donors (Lipinski definition) is 1. The van der Waals surface area contributed by atoms with E-state index in [4.69, 9.17) is 0 Å². The van der Waals surface area contributed by atoms with Gasteiger partial charge in [0.2, 0.25) is 15.9 Å². The number of aryl methyl sites for hydroxylation is 2. The molecule has 0 atom stereocenters. The number of nitrogens with zero attached hydrogens (tertiary/aromatic N) is 1. The van der Waals surface area contributed by atoms with E-state index in [0.29, 0.717) is 32.4 Å². The Labute approximate surface area is 161 Å². The summed E-state index contributed by atoms with van der Waals surface area (Å²) in [7, 11) is -3.52. The number of piperidine rings is 1. The van der Waals surface area contributed by atoms with Gasteiger partial charge in [-0.25, -0.2) is 13.1 Å². The lowest BCUT2D eigenvalue weighted by Crippen LogP contribution is -2.46. The lowest BCUT2D eigenvalue weighted by Gasteiger charge is -2.32. The van der Waals surface area contributed by atoms with Gasteiger partial charge in [0.25, 0.3) is 0 Å². The largest absolute Gasteiger partial charge is 0.342 e. The minimum atomic E-state index is -3.52. The van der Waals surface area contributed by atoms with Crippen molar-refractivity contribution < 1.29 is 13.2 Å². The first kappa shape index (κ1) is 19.6. The zero-order valence-electron chi connectivity index (χ0n) is 15.8. The van der Waals surface area contributed by atoms with Crippen molar-refractivity contribution in [3.63, 3.8) is 0 Å². The molecule has 2 aromatic carbocycles. The second kappa shape index (κ2) is 8.23. The summed E-state index contributed by atoms with van der Waals surface area (Å²) in [4.78, 5) is 14.7. The first-order valence-electron chi connectivity index (χ1n) is 9.26. The number of likely N-dealkylation sites (tertiary alicyclic amines) is 1. The summed E-state index contributed by atoms with van der Waals surface area (Å²) in [6, 6.07) is 14.6. The van der Waals surface area contributed by atoms with E-state index in [1.54, 1.807) is 24.3 Å². The van der Waals surface area contributed by atoms with Crippen LogP contribution >= 0.6 is 0 Å². The van der Waals surface area contributed by atoms with Gasteiger partial charge in [0.15, 0.2) is 0 Å². The molecule has 0 saturated carbocycles. The van der Waals surface area contributed by atoms with Crippen LogP contribution in [0.1, 0.15) is 29.5 Å². The number of amides is 1. The molecule has 0 radical (unpaired) electrons. The zero-order valence-corrected chi connectivity index (χ0v) is 16.6. The van der Waals surface area contributed by atoms with Crippen LogP contribution in [-0.2, 0) is 21.2 Å². The molecule has 27 heavy (non-hydrogen) atoms. The highest BCUT2D eigenvalue weighted by Gasteiger charge is 2.26. The average molecular weight is 387 g/mol. The molecule has 144 valence electrons. The van der Waals surface area contributed by atoms with Gasteiger partial charge >= 0.3 is 0 Å². The van der Waals surface area contributed by atoms with Crippen LogP contribution in [0.15, 0.2) is 53.4 Å². The third-order valence-corrected chi connectivity index (χ3v) is 6.64. The van der Waals surface area contributed by atoms with Gasteiger partial charge in [0.1, 0.15) is 0 Å². The topological polar surface area (TPSA) is 66.5 Å². The normalized spacial score (nSPS) is 15.7. The highest BCUT2D eigenvalue weighted by molar-refractivity contribution is 7.89. The molecule has 1 amide bonds. The van der Waals surface area contributed by atoms with Crippen molar-refractivity contribution in [2.45, 2.75) is 44.0 Å². The first-order valence-corrected chi connectivity index (χ1v) is 10.7. The van der Waals surface area contributed by atoms with Crippen molar-refractivity contribution in [3.05, 3.63) is 65.2 Å². The molecule has 2 aromatic rings. The van der Waals surface area contributed by atoms with Crippen LogP contribution in [0.2, 0.25) is 0 Å². The third kappa shape index (κ3) is 4.96. The van der Waals surface area contributed by atoms with Crippen molar-refractivity contribution in [2.75, 3.05) is 13.1 Å². The highest BCUT2D eigenvalue weighted by Crippen LogP contribution is 2.17. The Morgan fingerprint density at radius 1 is 1.04 bits per heavy atom. The highest BCUT2D eigenvalue weighted by atomic mass is 32.2. The van der Waals surface area contributed by atoms with Crippen LogP contribution in [-0.4, -0.2) is 38.4 Å². The Morgan fingerprint density at radius 2 is 1.67 bits per heavy atom. The molecule has 1 fully saturated rings. The monoisotopic (exact) mass is 386 g/mol. The SMILES string of the molecule is Cc1ccc(S(=O)(=O)NC2CCN(C(=O)Cc3ccccc3C)CC2)cc1. The molecule has 5 nitrogen and oxygen atoms in total. The third-order valence-electron chi connectivity index (χ3n) is 5.10. The van der Waals surface area contributed by atoms with Crippen LogP contribution < -0.4 is 4.72 Å². The Kier molecular flexibility index (Phi) is 5.97. The molecule has 1 N–H and O–H groups in total. The standard InChI is InChI=1S/C21H26N2O3S/c1-16-7-9-20(10-8-16)27(25,26)22-19-11-13-23(14-12-19)21(24)15-18-6-4-3-5-17(18)2/h3-10,19,22H,11-15H2,1-2H3. The fourth-order valence-corrected chi connectivity index (χ4v) is 4.64. The maximum Gasteiger partial charge on any atom is 0.240 e. The Balaban J connectivity index is 1.55. The first-order chi connectivity index (χ1) is 12.8. The average Bonchev–Trinajstić information content (AvgIpc) is 2.64. The number of sulfonamides is 1. The van der Waals surface area contributed by atoms with Crippen LogP contribution in [0.25, 0.3) is 0 Å². The van der Waals surface area contributed by atoms with Crippen LogP contribution in [0.4, 0.5) is 0 Å². The number of carbonyl (C=O) groups excluding carboxylic acids is 1. The molecule has 1 aliphatic heterocycles. The molecular weight excluding hydrogens is 360 g/mol. The molecular formula is C21H26N2O3S. The Hall–Kier alpha value is -2.18.